The van der Waals surface area contributed by atoms with Gasteiger partial charge in [0, 0.05) is 34.2 Å². The van der Waals surface area contributed by atoms with E-state index in [0.717, 1.165) is 58.8 Å². The molecular weight excluding hydrogens is 418 g/mol. The summed E-state index contributed by atoms with van der Waals surface area (Å²) in [5.41, 5.74) is 11.1. The first kappa shape index (κ1) is 21.1. The monoisotopic (exact) mass is 447 g/mol. The highest BCUT2D eigenvalue weighted by molar-refractivity contribution is 7.21. The lowest BCUT2D eigenvalue weighted by molar-refractivity contribution is 0.100. The van der Waals surface area contributed by atoms with Crippen LogP contribution in [-0.2, 0) is 13.0 Å². The van der Waals surface area contributed by atoms with Gasteiger partial charge in [0.25, 0.3) is 5.91 Å². The Morgan fingerprint density at radius 1 is 1.22 bits per heavy atom. The molecule has 1 saturated heterocycles. The van der Waals surface area contributed by atoms with Gasteiger partial charge in [0.05, 0.1) is 11.1 Å². The maximum Gasteiger partial charge on any atom is 0.259 e. The van der Waals surface area contributed by atoms with E-state index in [1.807, 2.05) is 29.8 Å². The number of nitrogens with zero attached hydrogens (tertiary/aromatic N) is 4. The molecule has 2 N–H and O–H groups in total. The second-order valence-electron chi connectivity index (χ2n) is 8.89. The Morgan fingerprint density at radius 2 is 2.06 bits per heavy atom. The van der Waals surface area contributed by atoms with E-state index in [4.69, 9.17) is 10.7 Å². The number of benzene rings is 1. The Morgan fingerprint density at radius 3 is 2.91 bits per heavy atom. The first-order valence-corrected chi connectivity index (χ1v) is 12.2. The standard InChI is InChI=1S/C25H29N5OS/c1-16-12-17(2)30-25(28-16)18(14-27-30)15-29-11-7-3-4-8-19(29)13-21-20-9-5-6-10-22(20)32-23(21)24(26)31/h5-6,9-10,12,14,19H,3-4,7-8,11,13,15H2,1-2H3,(H2,26,31)/t19-/m1/s1. The summed E-state index contributed by atoms with van der Waals surface area (Å²) in [7, 11) is 0. The van der Waals surface area contributed by atoms with Gasteiger partial charge < -0.3 is 5.73 Å². The molecule has 0 saturated carbocycles. The molecule has 6 nitrogen and oxygen atoms in total. The topological polar surface area (TPSA) is 76.5 Å². The predicted molar refractivity (Wildman–Crippen MR) is 129 cm³/mol. The number of thiophene rings is 1. The molecular formula is C25H29N5OS. The zero-order valence-corrected chi connectivity index (χ0v) is 19.5. The van der Waals surface area contributed by atoms with E-state index < -0.39 is 0 Å². The zero-order chi connectivity index (χ0) is 22.2. The van der Waals surface area contributed by atoms with E-state index in [-0.39, 0.29) is 5.91 Å². The van der Waals surface area contributed by atoms with Gasteiger partial charge in [-0.2, -0.15) is 5.10 Å². The number of aryl methyl sites for hydroxylation is 2. The van der Waals surface area contributed by atoms with Crippen molar-refractivity contribution in [3.8, 4) is 0 Å². The number of fused-ring (bicyclic) bond motifs is 2. The molecule has 32 heavy (non-hydrogen) atoms. The quantitative estimate of drug-likeness (QED) is 0.483. The van der Waals surface area contributed by atoms with Gasteiger partial charge in [-0.1, -0.05) is 31.0 Å². The molecule has 7 heteroatoms. The third-order valence-corrected chi connectivity index (χ3v) is 7.81. The number of hydrogen-bond donors (Lipinski definition) is 1. The van der Waals surface area contributed by atoms with Crippen molar-refractivity contribution in [1.29, 1.82) is 0 Å². The molecule has 0 bridgehead atoms. The van der Waals surface area contributed by atoms with Crippen molar-refractivity contribution in [3.05, 3.63) is 63.9 Å². The zero-order valence-electron chi connectivity index (χ0n) is 18.7. The van der Waals surface area contributed by atoms with E-state index in [2.05, 4.69) is 35.1 Å². The first-order valence-electron chi connectivity index (χ1n) is 11.4. The van der Waals surface area contributed by atoms with Crippen molar-refractivity contribution in [1.82, 2.24) is 19.5 Å². The number of carbonyl (C=O) groups is 1. The van der Waals surface area contributed by atoms with Crippen LogP contribution in [0.15, 0.2) is 36.5 Å². The van der Waals surface area contributed by atoms with Crippen molar-refractivity contribution in [3.63, 3.8) is 0 Å². The van der Waals surface area contributed by atoms with Crippen molar-refractivity contribution in [2.45, 2.75) is 58.5 Å². The normalized spacial score (nSPS) is 17.8. The van der Waals surface area contributed by atoms with Crippen LogP contribution in [0.3, 0.4) is 0 Å². The number of nitrogens with two attached hydrogens (primary N) is 1. The summed E-state index contributed by atoms with van der Waals surface area (Å²) >= 11 is 1.52. The molecule has 0 aliphatic carbocycles. The average molecular weight is 448 g/mol. The summed E-state index contributed by atoms with van der Waals surface area (Å²) in [4.78, 5) is 20.3. The highest BCUT2D eigenvalue weighted by Gasteiger charge is 2.26. The molecule has 4 heterocycles. The Kier molecular flexibility index (Phi) is 5.69. The lowest BCUT2D eigenvalue weighted by Gasteiger charge is -2.30. The number of carbonyl (C=O) groups excluding carboxylic acids is 1. The number of likely N-dealkylation sites (tertiary alicyclic amines) is 1. The Bertz CT molecular complexity index is 1290. The van der Waals surface area contributed by atoms with Gasteiger partial charge in [-0.3, -0.25) is 9.69 Å². The molecule has 1 aliphatic heterocycles. The van der Waals surface area contributed by atoms with Gasteiger partial charge in [0.1, 0.15) is 0 Å². The van der Waals surface area contributed by atoms with Gasteiger partial charge >= 0.3 is 0 Å². The lowest BCUT2D eigenvalue weighted by atomic mass is 9.97. The predicted octanol–water partition coefficient (Wildman–Crippen LogP) is 4.65. The molecule has 0 spiro atoms. The maximum atomic E-state index is 12.2. The average Bonchev–Trinajstić information content (AvgIpc) is 3.25. The van der Waals surface area contributed by atoms with Gasteiger partial charge in [0.2, 0.25) is 0 Å². The lowest BCUT2D eigenvalue weighted by Crippen LogP contribution is -2.36. The molecule has 0 radical (unpaired) electrons. The molecule has 1 amide bonds. The third kappa shape index (κ3) is 3.91. The highest BCUT2D eigenvalue weighted by Crippen LogP contribution is 2.34. The summed E-state index contributed by atoms with van der Waals surface area (Å²) in [5.74, 6) is -0.320. The van der Waals surface area contributed by atoms with Crippen LogP contribution in [0.1, 0.15) is 57.9 Å². The fraction of sp³-hybridized carbons (Fsp3) is 0.400. The van der Waals surface area contributed by atoms with Crippen LogP contribution in [0.25, 0.3) is 15.7 Å². The van der Waals surface area contributed by atoms with Crippen molar-refractivity contribution in [2.24, 2.45) is 5.73 Å². The van der Waals surface area contributed by atoms with E-state index in [9.17, 15) is 4.79 Å². The van der Waals surface area contributed by atoms with Crippen molar-refractivity contribution in [2.75, 3.05) is 6.54 Å². The number of hydrogen-bond acceptors (Lipinski definition) is 5. The van der Waals surface area contributed by atoms with E-state index >= 15 is 0 Å². The summed E-state index contributed by atoms with van der Waals surface area (Å²) < 4.78 is 3.07. The van der Waals surface area contributed by atoms with Crippen LogP contribution >= 0.6 is 11.3 Å². The van der Waals surface area contributed by atoms with Crippen molar-refractivity contribution < 1.29 is 4.79 Å². The Hall–Kier alpha value is -2.77. The minimum Gasteiger partial charge on any atom is -0.365 e. The fourth-order valence-corrected chi connectivity index (χ4v) is 6.14. The second kappa shape index (κ2) is 8.64. The van der Waals surface area contributed by atoms with Gasteiger partial charge in [-0.05, 0) is 62.7 Å². The van der Waals surface area contributed by atoms with Gasteiger partial charge in [-0.15, -0.1) is 11.3 Å². The molecule has 1 atom stereocenters. The summed E-state index contributed by atoms with van der Waals surface area (Å²) in [5, 5.41) is 5.76. The number of primary amides is 1. The summed E-state index contributed by atoms with van der Waals surface area (Å²) in [6.45, 7) is 5.96. The van der Waals surface area contributed by atoms with Crippen LogP contribution in [0, 0.1) is 13.8 Å². The van der Waals surface area contributed by atoms with Crippen LogP contribution in [0.4, 0.5) is 0 Å². The van der Waals surface area contributed by atoms with E-state index in [1.165, 1.54) is 36.0 Å². The molecule has 166 valence electrons. The third-order valence-electron chi connectivity index (χ3n) is 6.59. The van der Waals surface area contributed by atoms with Crippen LogP contribution < -0.4 is 5.73 Å². The second-order valence-corrected chi connectivity index (χ2v) is 9.94. The number of aromatic nitrogens is 3. The van der Waals surface area contributed by atoms with Crippen LogP contribution in [0.5, 0.6) is 0 Å². The first-order chi connectivity index (χ1) is 15.5. The SMILES string of the molecule is Cc1cc(C)n2ncc(CN3CCCCC[C@@H]3Cc3c(C(N)=O)sc4ccccc34)c2n1. The fourth-order valence-electron chi connectivity index (χ4n) is 5.06. The molecule has 0 unspecified atom stereocenters. The minimum absolute atomic E-state index is 0.320. The molecule has 4 aromatic rings. The Balaban J connectivity index is 1.49. The largest absolute Gasteiger partial charge is 0.365 e. The molecule has 1 fully saturated rings. The Labute approximate surface area is 192 Å². The number of rotatable bonds is 5. The molecule has 5 rings (SSSR count). The molecule has 1 aliphatic rings. The maximum absolute atomic E-state index is 12.2. The van der Waals surface area contributed by atoms with E-state index in [1.54, 1.807) is 0 Å². The summed E-state index contributed by atoms with van der Waals surface area (Å²) in [6.07, 6.45) is 7.56. The van der Waals surface area contributed by atoms with Crippen LogP contribution in [0.2, 0.25) is 0 Å². The van der Waals surface area contributed by atoms with Crippen LogP contribution in [-0.4, -0.2) is 38.0 Å². The van der Waals surface area contributed by atoms with E-state index in [0.29, 0.717) is 10.9 Å². The smallest absolute Gasteiger partial charge is 0.259 e. The number of amides is 1. The van der Waals surface area contributed by atoms with Gasteiger partial charge in [-0.25, -0.2) is 9.50 Å². The summed E-state index contributed by atoms with van der Waals surface area (Å²) in [6, 6.07) is 10.7. The van der Waals surface area contributed by atoms with Crippen molar-refractivity contribution >= 4 is 33.0 Å². The molecule has 3 aromatic heterocycles. The van der Waals surface area contributed by atoms with Gasteiger partial charge in [0.15, 0.2) is 5.65 Å². The highest BCUT2D eigenvalue weighted by atomic mass is 32.1. The molecule has 1 aromatic carbocycles. The minimum atomic E-state index is -0.320.